The molecular weight excluding hydrogens is 344 g/mol. The lowest BCUT2D eigenvalue weighted by Gasteiger charge is -2.16. The number of benzene rings is 2. The van der Waals surface area contributed by atoms with Crippen molar-refractivity contribution in [2.45, 2.75) is 13.0 Å². The van der Waals surface area contributed by atoms with Crippen LogP contribution < -0.4 is 0 Å². The molecule has 1 N–H and O–H groups in total. The second-order valence-electron chi connectivity index (χ2n) is 6.23. The summed E-state index contributed by atoms with van der Waals surface area (Å²) >= 11 is 6.01. The number of para-hydroxylation sites is 1. The predicted molar refractivity (Wildman–Crippen MR) is 105 cm³/mol. The summed E-state index contributed by atoms with van der Waals surface area (Å²) in [5.74, 6) is 0. The first kappa shape index (κ1) is 16.7. The van der Waals surface area contributed by atoms with Crippen LogP contribution in [0, 0.1) is 6.92 Å². The van der Waals surface area contributed by atoms with Gasteiger partial charge in [0.05, 0.1) is 16.9 Å². The molecule has 0 saturated carbocycles. The zero-order valence-corrected chi connectivity index (χ0v) is 15.0. The summed E-state index contributed by atoms with van der Waals surface area (Å²) in [6.07, 6.45) is 0.863. The molecule has 0 aliphatic heterocycles. The molecule has 0 radical (unpaired) electrons. The van der Waals surface area contributed by atoms with Gasteiger partial charge in [-0.05, 0) is 48.4 Å². The fraction of sp³-hybridized carbons (Fsp3) is 0.0909. The highest BCUT2D eigenvalue weighted by molar-refractivity contribution is 6.30. The molecule has 2 aromatic carbocycles. The van der Waals surface area contributed by atoms with E-state index in [4.69, 9.17) is 16.6 Å². The molecule has 1 unspecified atom stereocenters. The first-order valence-electron chi connectivity index (χ1n) is 8.38. The summed E-state index contributed by atoms with van der Waals surface area (Å²) in [7, 11) is 0. The van der Waals surface area contributed by atoms with Gasteiger partial charge in [0, 0.05) is 22.2 Å². The first-order chi connectivity index (χ1) is 12.6. The average Bonchev–Trinajstić information content (AvgIpc) is 2.68. The molecule has 4 aromatic rings. The SMILES string of the molecule is Cc1cccc2c(C(O)c3ccccn3)cc(-c3ccc(Cl)cc3)nc12. The van der Waals surface area contributed by atoms with Crippen molar-refractivity contribution in [2.75, 3.05) is 0 Å². The predicted octanol–water partition coefficient (Wildman–Crippen LogP) is 5.34. The van der Waals surface area contributed by atoms with Gasteiger partial charge in [-0.25, -0.2) is 4.98 Å². The van der Waals surface area contributed by atoms with Gasteiger partial charge >= 0.3 is 0 Å². The lowest BCUT2D eigenvalue weighted by atomic mass is 9.97. The zero-order valence-electron chi connectivity index (χ0n) is 14.2. The number of halogens is 1. The summed E-state index contributed by atoms with van der Waals surface area (Å²) in [5, 5.41) is 12.6. The van der Waals surface area contributed by atoms with Crippen molar-refractivity contribution in [1.82, 2.24) is 9.97 Å². The number of nitrogens with zero attached hydrogens (tertiary/aromatic N) is 2. The van der Waals surface area contributed by atoms with Gasteiger partial charge in [-0.2, -0.15) is 0 Å². The molecule has 0 spiro atoms. The third-order valence-corrected chi connectivity index (χ3v) is 4.73. The second-order valence-corrected chi connectivity index (χ2v) is 6.67. The van der Waals surface area contributed by atoms with Crippen LogP contribution in [0.3, 0.4) is 0 Å². The maximum absolute atomic E-state index is 11.0. The number of pyridine rings is 2. The Morgan fingerprint density at radius 1 is 0.962 bits per heavy atom. The molecule has 0 saturated heterocycles. The van der Waals surface area contributed by atoms with Gasteiger partial charge in [-0.3, -0.25) is 4.98 Å². The summed E-state index contributed by atoms with van der Waals surface area (Å²) < 4.78 is 0. The molecule has 0 fully saturated rings. The fourth-order valence-electron chi connectivity index (χ4n) is 3.11. The van der Waals surface area contributed by atoms with Gasteiger partial charge in [0.1, 0.15) is 6.10 Å². The Balaban J connectivity index is 1.96. The zero-order chi connectivity index (χ0) is 18.1. The summed E-state index contributed by atoms with van der Waals surface area (Å²) in [4.78, 5) is 9.15. The van der Waals surface area contributed by atoms with Gasteiger partial charge in [0.15, 0.2) is 0 Å². The maximum atomic E-state index is 11.0. The van der Waals surface area contributed by atoms with Crippen molar-refractivity contribution in [2.24, 2.45) is 0 Å². The van der Waals surface area contributed by atoms with Crippen molar-refractivity contribution in [3.8, 4) is 11.3 Å². The van der Waals surface area contributed by atoms with Crippen molar-refractivity contribution in [1.29, 1.82) is 0 Å². The van der Waals surface area contributed by atoms with E-state index in [1.165, 1.54) is 0 Å². The number of rotatable bonds is 3. The molecule has 2 heterocycles. The van der Waals surface area contributed by atoms with Gasteiger partial charge < -0.3 is 5.11 Å². The van der Waals surface area contributed by atoms with Crippen LogP contribution in [0.2, 0.25) is 5.02 Å². The topological polar surface area (TPSA) is 46.0 Å². The molecule has 0 aliphatic carbocycles. The Labute approximate surface area is 156 Å². The molecule has 0 amide bonds. The minimum Gasteiger partial charge on any atom is -0.382 e. The molecule has 0 aliphatic rings. The third-order valence-electron chi connectivity index (χ3n) is 4.48. The number of hydrogen-bond donors (Lipinski definition) is 1. The largest absolute Gasteiger partial charge is 0.382 e. The van der Waals surface area contributed by atoms with E-state index in [1.54, 1.807) is 6.20 Å². The average molecular weight is 361 g/mol. The molecule has 4 heteroatoms. The minimum absolute atomic E-state index is 0.614. The number of aliphatic hydroxyl groups excluding tert-OH is 1. The maximum Gasteiger partial charge on any atom is 0.122 e. The standard InChI is InChI=1S/C22H17ClN2O/c1-14-5-4-6-17-18(22(26)19-7-2-3-12-24-19)13-20(25-21(14)17)15-8-10-16(23)11-9-15/h2-13,22,26H,1H3. The Kier molecular flexibility index (Phi) is 4.41. The van der Waals surface area contributed by atoms with E-state index in [1.807, 2.05) is 73.7 Å². The van der Waals surface area contributed by atoms with E-state index in [9.17, 15) is 5.11 Å². The van der Waals surface area contributed by atoms with E-state index >= 15 is 0 Å². The van der Waals surface area contributed by atoms with Crippen LogP contribution in [0.1, 0.15) is 22.9 Å². The van der Waals surface area contributed by atoms with Gasteiger partial charge in [-0.1, -0.05) is 48.0 Å². The monoisotopic (exact) mass is 360 g/mol. The first-order valence-corrected chi connectivity index (χ1v) is 8.76. The Morgan fingerprint density at radius 3 is 2.50 bits per heavy atom. The molecular formula is C22H17ClN2O. The summed E-state index contributed by atoms with van der Waals surface area (Å²) in [6, 6.07) is 21.0. The summed E-state index contributed by atoms with van der Waals surface area (Å²) in [5.41, 5.74) is 5.10. The fourth-order valence-corrected chi connectivity index (χ4v) is 3.24. The van der Waals surface area contributed by atoms with E-state index in [2.05, 4.69) is 4.98 Å². The van der Waals surface area contributed by atoms with E-state index in [0.717, 1.165) is 33.3 Å². The number of hydrogen-bond acceptors (Lipinski definition) is 3. The highest BCUT2D eigenvalue weighted by atomic mass is 35.5. The van der Waals surface area contributed by atoms with Gasteiger partial charge in [0.25, 0.3) is 0 Å². The molecule has 4 rings (SSSR count). The highest BCUT2D eigenvalue weighted by Crippen LogP contribution is 2.32. The number of fused-ring (bicyclic) bond motifs is 1. The lowest BCUT2D eigenvalue weighted by Crippen LogP contribution is -2.04. The van der Waals surface area contributed by atoms with Crippen molar-refractivity contribution >= 4 is 22.5 Å². The molecule has 1 atom stereocenters. The quantitative estimate of drug-likeness (QED) is 0.536. The van der Waals surface area contributed by atoms with Crippen LogP contribution in [0.5, 0.6) is 0 Å². The normalized spacial score (nSPS) is 12.3. The van der Waals surface area contributed by atoms with E-state index < -0.39 is 6.10 Å². The van der Waals surface area contributed by atoms with Crippen molar-refractivity contribution in [3.63, 3.8) is 0 Å². The third kappa shape index (κ3) is 3.07. The number of aryl methyl sites for hydroxylation is 1. The minimum atomic E-state index is -0.824. The van der Waals surface area contributed by atoms with Crippen LogP contribution in [0.4, 0.5) is 0 Å². The molecule has 128 valence electrons. The van der Waals surface area contributed by atoms with Crippen LogP contribution in [-0.2, 0) is 0 Å². The molecule has 0 bridgehead atoms. The van der Waals surface area contributed by atoms with E-state index in [0.29, 0.717) is 10.7 Å². The van der Waals surface area contributed by atoms with Crippen LogP contribution in [0.25, 0.3) is 22.2 Å². The molecule has 2 aromatic heterocycles. The van der Waals surface area contributed by atoms with Crippen LogP contribution in [0.15, 0.2) is 72.9 Å². The second kappa shape index (κ2) is 6.87. The number of aliphatic hydroxyl groups is 1. The Hall–Kier alpha value is -2.75. The van der Waals surface area contributed by atoms with Crippen molar-refractivity contribution in [3.05, 3.63) is 94.8 Å². The lowest BCUT2D eigenvalue weighted by molar-refractivity contribution is 0.217. The van der Waals surface area contributed by atoms with Crippen LogP contribution >= 0.6 is 11.6 Å². The van der Waals surface area contributed by atoms with E-state index in [-0.39, 0.29) is 0 Å². The van der Waals surface area contributed by atoms with Gasteiger partial charge in [0.2, 0.25) is 0 Å². The Morgan fingerprint density at radius 2 is 1.77 bits per heavy atom. The summed E-state index contributed by atoms with van der Waals surface area (Å²) in [6.45, 7) is 2.03. The van der Waals surface area contributed by atoms with Crippen molar-refractivity contribution < 1.29 is 5.11 Å². The number of aromatic nitrogens is 2. The Bertz CT molecular complexity index is 1060. The smallest absolute Gasteiger partial charge is 0.122 e. The van der Waals surface area contributed by atoms with Crippen LogP contribution in [-0.4, -0.2) is 15.1 Å². The van der Waals surface area contributed by atoms with Gasteiger partial charge in [-0.15, -0.1) is 0 Å². The molecule has 26 heavy (non-hydrogen) atoms. The highest BCUT2D eigenvalue weighted by Gasteiger charge is 2.18. The molecule has 3 nitrogen and oxygen atoms in total.